The Labute approximate surface area is 174 Å². The highest BCUT2D eigenvalue weighted by atomic mass is 32.1. The van der Waals surface area contributed by atoms with E-state index in [1.54, 1.807) is 11.1 Å². The largest absolute Gasteiger partial charge is 0.468 e. The van der Waals surface area contributed by atoms with Gasteiger partial charge in [0, 0.05) is 18.1 Å². The molecule has 3 aromatic rings. The number of ether oxygens (including phenoxy) is 1. The molecule has 1 amide bonds. The summed E-state index contributed by atoms with van der Waals surface area (Å²) in [7, 11) is 1.34. The number of esters is 1. The van der Waals surface area contributed by atoms with Crippen molar-refractivity contribution in [2.24, 2.45) is 0 Å². The van der Waals surface area contributed by atoms with E-state index in [1.807, 2.05) is 66.0 Å². The molecule has 7 heteroatoms. The zero-order valence-corrected chi connectivity index (χ0v) is 17.0. The number of thiazole rings is 1. The highest BCUT2D eigenvalue weighted by Crippen LogP contribution is 2.23. The van der Waals surface area contributed by atoms with Gasteiger partial charge < -0.3 is 10.1 Å². The molecule has 0 fully saturated rings. The lowest BCUT2D eigenvalue weighted by atomic mass is 10.1. The standard InChI is InChI=1S/C22H23N3O3S/c1-28-20(27)16-25(14-17-8-4-2-5-9-17)15-19(26)24-21(22-23-12-13-29-22)18-10-6-3-7-11-18/h2-13,21H,14-16H2,1H3,(H,24,26). The first kappa shape index (κ1) is 20.7. The van der Waals surface area contributed by atoms with Gasteiger partial charge in [-0.05, 0) is 11.1 Å². The zero-order chi connectivity index (χ0) is 20.5. The molecule has 150 valence electrons. The van der Waals surface area contributed by atoms with E-state index in [0.717, 1.165) is 16.1 Å². The normalized spacial score (nSPS) is 11.8. The quantitative estimate of drug-likeness (QED) is 0.550. The maximum atomic E-state index is 12.9. The van der Waals surface area contributed by atoms with Crippen molar-refractivity contribution in [1.82, 2.24) is 15.2 Å². The molecule has 0 aliphatic rings. The first-order valence-electron chi connectivity index (χ1n) is 9.22. The van der Waals surface area contributed by atoms with Gasteiger partial charge in [0.1, 0.15) is 11.0 Å². The lowest BCUT2D eigenvalue weighted by Crippen LogP contribution is -2.41. The molecule has 0 saturated carbocycles. The Morgan fingerprint density at radius 1 is 1.07 bits per heavy atom. The average Bonchev–Trinajstić information content (AvgIpc) is 3.28. The van der Waals surface area contributed by atoms with Gasteiger partial charge in [0.2, 0.25) is 5.91 Å². The Morgan fingerprint density at radius 2 is 1.76 bits per heavy atom. The number of amides is 1. The molecular weight excluding hydrogens is 386 g/mol. The van der Waals surface area contributed by atoms with Crippen molar-refractivity contribution in [2.45, 2.75) is 12.6 Å². The lowest BCUT2D eigenvalue weighted by Gasteiger charge is -2.23. The molecule has 0 spiro atoms. The summed E-state index contributed by atoms with van der Waals surface area (Å²) in [6.45, 7) is 0.571. The van der Waals surface area contributed by atoms with Gasteiger partial charge in [0.05, 0.1) is 20.2 Å². The van der Waals surface area contributed by atoms with Crippen LogP contribution in [0.4, 0.5) is 0 Å². The van der Waals surface area contributed by atoms with Crippen LogP contribution >= 0.6 is 11.3 Å². The number of aromatic nitrogens is 1. The van der Waals surface area contributed by atoms with E-state index in [9.17, 15) is 9.59 Å². The minimum Gasteiger partial charge on any atom is -0.468 e. The molecule has 29 heavy (non-hydrogen) atoms. The van der Waals surface area contributed by atoms with E-state index in [0.29, 0.717) is 6.54 Å². The third kappa shape index (κ3) is 6.23. The molecule has 0 aliphatic heterocycles. The monoisotopic (exact) mass is 409 g/mol. The van der Waals surface area contributed by atoms with Crippen LogP contribution < -0.4 is 5.32 Å². The van der Waals surface area contributed by atoms with E-state index >= 15 is 0 Å². The number of benzene rings is 2. The molecule has 0 bridgehead atoms. The third-order valence-corrected chi connectivity index (χ3v) is 5.17. The molecule has 0 saturated heterocycles. The topological polar surface area (TPSA) is 71.5 Å². The fraction of sp³-hybridized carbons (Fsp3) is 0.227. The maximum absolute atomic E-state index is 12.9. The van der Waals surface area contributed by atoms with Crippen LogP contribution in [0.15, 0.2) is 72.2 Å². The Balaban J connectivity index is 1.72. The van der Waals surface area contributed by atoms with E-state index in [-0.39, 0.29) is 31.0 Å². The molecule has 2 aromatic carbocycles. The Morgan fingerprint density at radius 3 is 2.38 bits per heavy atom. The van der Waals surface area contributed by atoms with Crippen molar-refractivity contribution in [1.29, 1.82) is 0 Å². The summed E-state index contributed by atoms with van der Waals surface area (Å²) in [5, 5.41) is 5.76. The van der Waals surface area contributed by atoms with Gasteiger partial charge in [0.25, 0.3) is 0 Å². The molecule has 6 nitrogen and oxygen atoms in total. The smallest absolute Gasteiger partial charge is 0.319 e. The predicted molar refractivity (Wildman–Crippen MR) is 112 cm³/mol. The van der Waals surface area contributed by atoms with Crippen LogP contribution in [-0.2, 0) is 20.9 Å². The van der Waals surface area contributed by atoms with E-state index in [1.165, 1.54) is 18.4 Å². The Bertz CT molecular complexity index is 902. The lowest BCUT2D eigenvalue weighted by molar-refractivity contribution is -0.142. The molecule has 1 N–H and O–H groups in total. The number of nitrogens with zero attached hydrogens (tertiary/aromatic N) is 2. The number of carbonyl (C=O) groups is 2. The molecule has 0 radical (unpaired) electrons. The van der Waals surface area contributed by atoms with Crippen LogP contribution in [0.25, 0.3) is 0 Å². The highest BCUT2D eigenvalue weighted by molar-refractivity contribution is 7.09. The Hall–Kier alpha value is -3.03. The summed E-state index contributed by atoms with van der Waals surface area (Å²) >= 11 is 1.49. The molecule has 3 rings (SSSR count). The minimum atomic E-state index is -0.381. The van der Waals surface area contributed by atoms with Crippen molar-refractivity contribution in [3.05, 3.63) is 88.4 Å². The van der Waals surface area contributed by atoms with E-state index in [2.05, 4.69) is 10.3 Å². The van der Waals surface area contributed by atoms with Gasteiger partial charge >= 0.3 is 5.97 Å². The van der Waals surface area contributed by atoms with Crippen LogP contribution in [-0.4, -0.2) is 42.0 Å². The fourth-order valence-corrected chi connectivity index (χ4v) is 3.69. The number of nitrogens with one attached hydrogen (secondary N) is 1. The van der Waals surface area contributed by atoms with Crippen LogP contribution in [0, 0.1) is 0 Å². The molecular formula is C22H23N3O3S. The highest BCUT2D eigenvalue weighted by Gasteiger charge is 2.21. The van der Waals surface area contributed by atoms with E-state index < -0.39 is 0 Å². The maximum Gasteiger partial charge on any atom is 0.319 e. The van der Waals surface area contributed by atoms with Gasteiger partial charge in [-0.2, -0.15) is 0 Å². The summed E-state index contributed by atoms with van der Waals surface area (Å²) in [4.78, 5) is 30.8. The molecule has 1 atom stereocenters. The second kappa shape index (κ2) is 10.5. The van der Waals surface area contributed by atoms with Crippen molar-refractivity contribution >= 4 is 23.2 Å². The summed E-state index contributed by atoms with van der Waals surface area (Å²) in [6, 6.07) is 19.1. The van der Waals surface area contributed by atoms with Crippen LogP contribution in [0.5, 0.6) is 0 Å². The van der Waals surface area contributed by atoms with Gasteiger partial charge in [-0.1, -0.05) is 60.7 Å². The molecule has 1 aromatic heterocycles. The second-order valence-corrected chi connectivity index (χ2v) is 7.41. The van der Waals surface area contributed by atoms with Crippen molar-refractivity contribution in [2.75, 3.05) is 20.2 Å². The minimum absolute atomic E-state index is 0.0338. The fourth-order valence-electron chi connectivity index (χ4n) is 2.98. The van der Waals surface area contributed by atoms with E-state index in [4.69, 9.17) is 4.74 Å². The number of hydrogen-bond acceptors (Lipinski definition) is 6. The second-order valence-electron chi connectivity index (χ2n) is 6.49. The molecule has 1 unspecified atom stereocenters. The molecule has 1 heterocycles. The average molecular weight is 410 g/mol. The number of rotatable bonds is 9. The Kier molecular flexibility index (Phi) is 7.49. The summed E-state index contributed by atoms with van der Waals surface area (Å²) in [5.41, 5.74) is 1.97. The SMILES string of the molecule is COC(=O)CN(CC(=O)NC(c1ccccc1)c1nccs1)Cc1ccccc1. The van der Waals surface area contributed by atoms with Crippen LogP contribution in [0.1, 0.15) is 22.2 Å². The predicted octanol–water partition coefficient (Wildman–Crippen LogP) is 3.02. The third-order valence-electron chi connectivity index (χ3n) is 4.33. The number of carbonyl (C=O) groups excluding carboxylic acids is 2. The van der Waals surface area contributed by atoms with Crippen LogP contribution in [0.3, 0.4) is 0 Å². The van der Waals surface area contributed by atoms with Crippen molar-refractivity contribution in [3.8, 4) is 0 Å². The molecule has 0 aliphatic carbocycles. The first-order chi connectivity index (χ1) is 14.2. The van der Waals surface area contributed by atoms with Gasteiger partial charge in [-0.15, -0.1) is 11.3 Å². The van der Waals surface area contributed by atoms with Crippen LogP contribution in [0.2, 0.25) is 0 Å². The van der Waals surface area contributed by atoms with Gasteiger partial charge in [-0.25, -0.2) is 4.98 Å². The summed E-state index contributed by atoms with van der Waals surface area (Å²) in [6.07, 6.45) is 1.72. The zero-order valence-electron chi connectivity index (χ0n) is 16.2. The first-order valence-corrected chi connectivity index (χ1v) is 10.1. The summed E-state index contributed by atoms with van der Waals surface area (Å²) in [5.74, 6) is -0.567. The van der Waals surface area contributed by atoms with Gasteiger partial charge in [0.15, 0.2) is 0 Å². The summed E-state index contributed by atoms with van der Waals surface area (Å²) < 4.78 is 4.79. The number of methoxy groups -OCH3 is 1. The number of hydrogen-bond donors (Lipinski definition) is 1. The van der Waals surface area contributed by atoms with Crippen molar-refractivity contribution < 1.29 is 14.3 Å². The van der Waals surface area contributed by atoms with Gasteiger partial charge in [-0.3, -0.25) is 14.5 Å². The van der Waals surface area contributed by atoms with Crippen molar-refractivity contribution in [3.63, 3.8) is 0 Å².